The van der Waals surface area contributed by atoms with Crippen molar-refractivity contribution in [1.29, 1.82) is 0 Å². The van der Waals surface area contributed by atoms with Gasteiger partial charge in [-0.15, -0.1) is 0 Å². The first-order valence-electron chi connectivity index (χ1n) is 6.25. The molecular weight excluding hydrogens is 214 g/mol. The van der Waals surface area contributed by atoms with Crippen LogP contribution in [0.1, 0.15) is 43.4 Å². The number of carbonyl (C=O) groups excluding carboxylic acids is 1. The van der Waals surface area contributed by atoms with Crippen LogP contribution in [0.5, 0.6) is 0 Å². The number of carbonyl (C=O) groups is 1. The van der Waals surface area contributed by atoms with Crippen molar-refractivity contribution in [3.8, 4) is 0 Å². The number of aryl methyl sites for hydroxylation is 2. The molecule has 0 saturated heterocycles. The quantitative estimate of drug-likeness (QED) is 0.524. The molecule has 0 spiro atoms. The van der Waals surface area contributed by atoms with Gasteiger partial charge in [0.1, 0.15) is 7.05 Å². The largest absolute Gasteiger partial charge is 0.550 e. The third-order valence-electron chi connectivity index (χ3n) is 3.18. The molecule has 0 aliphatic rings. The van der Waals surface area contributed by atoms with Gasteiger partial charge < -0.3 is 9.90 Å². The third-order valence-corrected chi connectivity index (χ3v) is 3.18. The molecule has 0 saturated carbocycles. The van der Waals surface area contributed by atoms with E-state index in [2.05, 4.69) is 36.9 Å². The summed E-state index contributed by atoms with van der Waals surface area (Å²) in [6, 6.07) is 4.23. The second-order valence-electron chi connectivity index (χ2n) is 4.52. The Bertz CT molecular complexity index is 374. The van der Waals surface area contributed by atoms with Gasteiger partial charge in [0, 0.05) is 24.5 Å². The van der Waals surface area contributed by atoms with Crippen LogP contribution in [0, 0.1) is 6.92 Å². The molecular formula is C14H21NO2. The highest BCUT2D eigenvalue weighted by atomic mass is 16.4. The van der Waals surface area contributed by atoms with Gasteiger partial charge in [-0.25, -0.2) is 4.57 Å². The van der Waals surface area contributed by atoms with Crippen LogP contribution in [0.3, 0.4) is 0 Å². The molecule has 17 heavy (non-hydrogen) atoms. The van der Waals surface area contributed by atoms with Crippen molar-refractivity contribution in [3.63, 3.8) is 0 Å². The molecule has 0 atom stereocenters. The maximum Gasteiger partial charge on any atom is 0.181 e. The van der Waals surface area contributed by atoms with E-state index in [1.54, 1.807) is 0 Å². The van der Waals surface area contributed by atoms with Gasteiger partial charge >= 0.3 is 0 Å². The second kappa shape index (κ2) is 7.05. The first-order chi connectivity index (χ1) is 8.11. The molecule has 1 heterocycles. The molecule has 0 aromatic carbocycles. The van der Waals surface area contributed by atoms with Crippen molar-refractivity contribution in [3.05, 3.63) is 29.6 Å². The summed E-state index contributed by atoms with van der Waals surface area (Å²) in [6.07, 6.45) is 7.25. The third kappa shape index (κ3) is 4.98. The summed E-state index contributed by atoms with van der Waals surface area (Å²) in [5, 5.41) is 10.2. The maximum absolute atomic E-state index is 10.2. The van der Waals surface area contributed by atoms with Crippen molar-refractivity contribution in [2.75, 3.05) is 0 Å². The smallest absolute Gasteiger partial charge is 0.181 e. The fourth-order valence-electron chi connectivity index (χ4n) is 1.95. The average Bonchev–Trinajstić information content (AvgIpc) is 2.28. The van der Waals surface area contributed by atoms with Crippen LogP contribution in [-0.4, -0.2) is 5.97 Å². The topological polar surface area (TPSA) is 44.0 Å². The number of aromatic nitrogens is 1. The Morgan fingerprint density at radius 1 is 1.29 bits per heavy atom. The zero-order chi connectivity index (χ0) is 12.7. The van der Waals surface area contributed by atoms with Crippen LogP contribution in [0.25, 0.3) is 0 Å². The van der Waals surface area contributed by atoms with E-state index in [-0.39, 0.29) is 6.42 Å². The van der Waals surface area contributed by atoms with Gasteiger partial charge in [0.05, 0.1) is 0 Å². The van der Waals surface area contributed by atoms with Crippen molar-refractivity contribution in [2.45, 2.75) is 45.4 Å². The lowest BCUT2D eigenvalue weighted by atomic mass is 10.0. The van der Waals surface area contributed by atoms with Crippen molar-refractivity contribution >= 4 is 5.97 Å². The number of nitrogens with zero attached hydrogens (tertiary/aromatic N) is 1. The number of carboxylic acid groups (broad SMARTS) is 1. The first-order valence-corrected chi connectivity index (χ1v) is 6.25. The highest BCUT2D eigenvalue weighted by Gasteiger charge is 2.06. The van der Waals surface area contributed by atoms with Crippen LogP contribution in [-0.2, 0) is 18.3 Å². The molecule has 1 rings (SSSR count). The molecule has 0 unspecified atom stereocenters. The van der Waals surface area contributed by atoms with Crippen LogP contribution in [0.15, 0.2) is 18.3 Å². The Morgan fingerprint density at radius 3 is 2.71 bits per heavy atom. The first kappa shape index (κ1) is 13.7. The molecule has 0 amide bonds. The molecule has 3 nitrogen and oxygen atoms in total. The van der Waals surface area contributed by atoms with Gasteiger partial charge in [0.2, 0.25) is 0 Å². The number of unbranched alkanes of at least 4 members (excludes halogenated alkanes) is 3. The summed E-state index contributed by atoms with van der Waals surface area (Å²) in [7, 11) is 2.05. The van der Waals surface area contributed by atoms with E-state index in [1.807, 2.05) is 0 Å². The molecule has 0 N–H and O–H groups in total. The summed E-state index contributed by atoms with van der Waals surface area (Å²) >= 11 is 0. The highest BCUT2D eigenvalue weighted by molar-refractivity contribution is 5.63. The van der Waals surface area contributed by atoms with Gasteiger partial charge in [-0.1, -0.05) is 12.8 Å². The molecule has 0 fully saturated rings. The molecule has 1 aromatic rings. The van der Waals surface area contributed by atoms with Crippen LogP contribution < -0.4 is 9.67 Å². The Morgan fingerprint density at radius 2 is 2.00 bits per heavy atom. The minimum Gasteiger partial charge on any atom is -0.550 e. The fourth-order valence-corrected chi connectivity index (χ4v) is 1.95. The van der Waals surface area contributed by atoms with E-state index in [0.29, 0.717) is 0 Å². The van der Waals surface area contributed by atoms with Gasteiger partial charge in [0.25, 0.3) is 0 Å². The second-order valence-corrected chi connectivity index (χ2v) is 4.52. The predicted molar refractivity (Wildman–Crippen MR) is 64.2 cm³/mol. The van der Waals surface area contributed by atoms with E-state index in [9.17, 15) is 9.90 Å². The SMILES string of the molecule is Cc1c(CCCCCCC(=O)[O-])ccc[n+]1C. The number of hydrogen-bond acceptors (Lipinski definition) is 2. The number of hydrogen-bond donors (Lipinski definition) is 0. The van der Waals surface area contributed by atoms with E-state index < -0.39 is 5.97 Å². The van der Waals surface area contributed by atoms with Gasteiger partial charge in [-0.2, -0.15) is 0 Å². The lowest BCUT2D eigenvalue weighted by Gasteiger charge is -2.04. The Labute approximate surface area is 103 Å². The molecule has 1 aromatic heterocycles. The van der Waals surface area contributed by atoms with Crippen LogP contribution >= 0.6 is 0 Å². The highest BCUT2D eigenvalue weighted by Crippen LogP contribution is 2.10. The molecule has 0 bridgehead atoms. The Hall–Kier alpha value is -1.38. The van der Waals surface area contributed by atoms with E-state index >= 15 is 0 Å². The Kier molecular flexibility index (Phi) is 5.67. The zero-order valence-electron chi connectivity index (χ0n) is 10.7. The van der Waals surface area contributed by atoms with E-state index in [4.69, 9.17) is 0 Å². The molecule has 0 aliphatic carbocycles. The Balaban J connectivity index is 2.22. The van der Waals surface area contributed by atoms with Crippen LogP contribution in [0.2, 0.25) is 0 Å². The van der Waals surface area contributed by atoms with Gasteiger partial charge in [0.15, 0.2) is 11.9 Å². The summed E-state index contributed by atoms with van der Waals surface area (Å²) < 4.78 is 2.13. The fraction of sp³-hybridized carbons (Fsp3) is 0.571. The van der Waals surface area contributed by atoms with Crippen molar-refractivity contribution in [2.24, 2.45) is 7.05 Å². The lowest BCUT2D eigenvalue weighted by molar-refractivity contribution is -0.678. The predicted octanol–water partition coefficient (Wildman–Crippen LogP) is 1.06. The molecule has 94 valence electrons. The number of carboxylic acids is 1. The van der Waals surface area contributed by atoms with Gasteiger partial charge in [-0.3, -0.25) is 0 Å². The lowest BCUT2D eigenvalue weighted by Crippen LogP contribution is -2.32. The van der Waals surface area contributed by atoms with E-state index in [1.165, 1.54) is 11.3 Å². The normalized spacial score (nSPS) is 10.5. The summed E-state index contributed by atoms with van der Waals surface area (Å²) in [5.74, 6) is -0.934. The number of pyridine rings is 1. The molecule has 0 aliphatic heterocycles. The molecule has 3 heteroatoms. The summed E-state index contributed by atoms with van der Waals surface area (Å²) in [5.41, 5.74) is 2.69. The molecule has 0 radical (unpaired) electrons. The monoisotopic (exact) mass is 235 g/mol. The van der Waals surface area contributed by atoms with Crippen molar-refractivity contribution in [1.82, 2.24) is 0 Å². The number of rotatable bonds is 7. The summed E-state index contributed by atoms with van der Waals surface area (Å²) in [4.78, 5) is 10.2. The standard InChI is InChI=1S/C14H21NO2/c1-12-13(9-7-11-15(12)2)8-5-3-4-6-10-14(16)17/h7,9,11H,3-6,8,10H2,1-2H3. The zero-order valence-corrected chi connectivity index (χ0v) is 10.7. The average molecular weight is 235 g/mol. The van der Waals surface area contributed by atoms with Crippen molar-refractivity contribution < 1.29 is 14.5 Å². The minimum atomic E-state index is -0.934. The maximum atomic E-state index is 10.2. The summed E-state index contributed by atoms with van der Waals surface area (Å²) in [6.45, 7) is 2.13. The number of aliphatic carboxylic acids is 1. The van der Waals surface area contributed by atoms with Gasteiger partial charge in [-0.05, 0) is 31.7 Å². The van der Waals surface area contributed by atoms with E-state index in [0.717, 1.165) is 32.1 Å². The van der Waals surface area contributed by atoms with Crippen LogP contribution in [0.4, 0.5) is 0 Å². The minimum absolute atomic E-state index is 0.194.